The summed E-state index contributed by atoms with van der Waals surface area (Å²) in [4.78, 5) is 37.4. The fourth-order valence-corrected chi connectivity index (χ4v) is 4.81. The lowest BCUT2D eigenvalue weighted by atomic mass is 10.0. The molecule has 7 heteroatoms. The van der Waals surface area contributed by atoms with Crippen molar-refractivity contribution < 1.29 is 9.59 Å². The zero-order valence-electron chi connectivity index (χ0n) is 18.8. The number of hydrogen-bond acceptors (Lipinski definition) is 5. The summed E-state index contributed by atoms with van der Waals surface area (Å²) in [5, 5.41) is 3.11. The first kappa shape index (κ1) is 22.3. The van der Waals surface area contributed by atoms with Crippen LogP contribution in [0.4, 0.5) is 11.4 Å². The number of benzene rings is 2. The van der Waals surface area contributed by atoms with Gasteiger partial charge in [-0.25, -0.2) is 9.89 Å². The largest absolute Gasteiger partial charge is 0.325 e. The van der Waals surface area contributed by atoms with Crippen molar-refractivity contribution in [1.29, 1.82) is 0 Å². The molecule has 1 N–H and O–H groups in total. The first-order valence-corrected chi connectivity index (χ1v) is 11.9. The van der Waals surface area contributed by atoms with Crippen molar-refractivity contribution in [3.63, 3.8) is 0 Å². The Balaban J connectivity index is 1.61. The van der Waals surface area contributed by atoms with Gasteiger partial charge in [-0.2, -0.15) is 0 Å². The van der Waals surface area contributed by atoms with Crippen molar-refractivity contribution in [2.75, 3.05) is 5.32 Å². The van der Waals surface area contributed by atoms with Gasteiger partial charge in [-0.15, -0.1) is 0 Å². The Hall–Kier alpha value is -2.93. The molecule has 0 bridgehead atoms. The maximum absolute atomic E-state index is 13.3. The molecular weight excluding hydrogens is 420 g/mol. The predicted octanol–water partition coefficient (Wildman–Crippen LogP) is 5.15. The van der Waals surface area contributed by atoms with E-state index in [4.69, 9.17) is 9.98 Å². The van der Waals surface area contributed by atoms with Gasteiger partial charge < -0.3 is 5.32 Å². The van der Waals surface area contributed by atoms with Gasteiger partial charge in [0.25, 0.3) is 5.91 Å². The van der Waals surface area contributed by atoms with E-state index in [2.05, 4.69) is 19.2 Å². The maximum Gasteiger partial charge on any atom is 0.259 e. The second kappa shape index (κ2) is 9.28. The van der Waals surface area contributed by atoms with E-state index in [1.165, 1.54) is 11.8 Å². The topological polar surface area (TPSA) is 74.1 Å². The van der Waals surface area contributed by atoms with E-state index in [0.717, 1.165) is 22.5 Å². The van der Waals surface area contributed by atoms with E-state index < -0.39 is 11.3 Å². The first-order chi connectivity index (χ1) is 15.4. The number of thioether (sulfide) groups is 1. The van der Waals surface area contributed by atoms with Crippen LogP contribution in [0.2, 0.25) is 0 Å². The Labute approximate surface area is 193 Å². The summed E-state index contributed by atoms with van der Waals surface area (Å²) in [5.41, 5.74) is 3.52. The van der Waals surface area contributed by atoms with E-state index in [9.17, 15) is 9.59 Å². The van der Waals surface area contributed by atoms with Crippen LogP contribution in [0.1, 0.15) is 44.7 Å². The number of aliphatic imine (C=N–C) groups is 2. The number of fused-ring (bicyclic) bond motifs is 3. The number of para-hydroxylation sites is 1. The van der Waals surface area contributed by atoms with Crippen molar-refractivity contribution >= 4 is 46.0 Å². The molecule has 2 heterocycles. The highest BCUT2D eigenvalue weighted by atomic mass is 32.2. The number of hydrogen-bond donors (Lipinski definition) is 1. The summed E-state index contributed by atoms with van der Waals surface area (Å²) in [6, 6.07) is 15.0. The van der Waals surface area contributed by atoms with Crippen molar-refractivity contribution in [2.45, 2.75) is 51.8 Å². The monoisotopic (exact) mass is 448 g/mol. The van der Waals surface area contributed by atoms with Crippen LogP contribution in [0.25, 0.3) is 0 Å². The summed E-state index contributed by atoms with van der Waals surface area (Å²) in [6.07, 6.45) is 1.29. The fraction of sp³-hybridized carbons (Fsp3) is 0.360. The average Bonchev–Trinajstić information content (AvgIpc) is 3.09. The number of amides is 2. The van der Waals surface area contributed by atoms with Gasteiger partial charge in [0, 0.05) is 11.3 Å². The highest BCUT2D eigenvalue weighted by Gasteiger charge is 2.42. The Morgan fingerprint density at radius 1 is 1.16 bits per heavy atom. The quantitative estimate of drug-likeness (QED) is 0.664. The third-order valence-electron chi connectivity index (χ3n) is 5.47. The van der Waals surface area contributed by atoms with Gasteiger partial charge in [0.15, 0.2) is 5.17 Å². The molecule has 0 saturated heterocycles. The van der Waals surface area contributed by atoms with Crippen molar-refractivity contribution in [2.24, 2.45) is 15.9 Å². The van der Waals surface area contributed by atoms with E-state index in [1.54, 1.807) is 4.90 Å². The summed E-state index contributed by atoms with van der Waals surface area (Å²) >= 11 is 1.32. The van der Waals surface area contributed by atoms with E-state index in [0.29, 0.717) is 29.8 Å². The summed E-state index contributed by atoms with van der Waals surface area (Å²) < 4.78 is 0. The molecule has 2 atom stereocenters. The molecule has 2 unspecified atom stereocenters. The van der Waals surface area contributed by atoms with Crippen molar-refractivity contribution in [3.05, 3.63) is 59.7 Å². The lowest BCUT2D eigenvalue weighted by Crippen LogP contribution is -2.42. The molecule has 32 heavy (non-hydrogen) atoms. The predicted molar refractivity (Wildman–Crippen MR) is 132 cm³/mol. The van der Waals surface area contributed by atoms with Gasteiger partial charge in [0.05, 0.1) is 10.9 Å². The van der Waals surface area contributed by atoms with E-state index in [-0.39, 0.29) is 11.8 Å². The molecule has 2 amide bonds. The minimum Gasteiger partial charge on any atom is -0.325 e. The number of nitrogens with one attached hydrogen (secondary N) is 1. The maximum atomic E-state index is 13.3. The van der Waals surface area contributed by atoms with Crippen LogP contribution in [-0.4, -0.2) is 39.0 Å². The molecule has 0 aromatic heterocycles. The second-order valence-corrected chi connectivity index (χ2v) is 9.72. The van der Waals surface area contributed by atoms with Gasteiger partial charge in [0.1, 0.15) is 11.9 Å². The normalized spacial score (nSPS) is 18.1. The van der Waals surface area contributed by atoms with Crippen molar-refractivity contribution in [3.8, 4) is 0 Å². The molecule has 0 spiro atoms. The molecule has 6 nitrogen and oxygen atoms in total. The Kier molecular flexibility index (Phi) is 6.46. The molecule has 2 aliphatic rings. The molecule has 0 fully saturated rings. The SMILES string of the molecule is CCC(SC1=Nc2ccccc2C2=NC(CC(C)C)C(=O)N12)C(=O)Nc1ccc(C)cc1. The highest BCUT2D eigenvalue weighted by molar-refractivity contribution is 8.15. The third-order valence-corrected chi connectivity index (χ3v) is 6.79. The van der Waals surface area contributed by atoms with Crippen LogP contribution in [-0.2, 0) is 9.59 Å². The Morgan fingerprint density at radius 3 is 2.56 bits per heavy atom. The molecule has 166 valence electrons. The fourth-order valence-electron chi connectivity index (χ4n) is 3.79. The van der Waals surface area contributed by atoms with Crippen molar-refractivity contribution in [1.82, 2.24) is 4.90 Å². The molecule has 0 aliphatic carbocycles. The standard InChI is InChI=1S/C25H28N4O2S/c1-5-21(23(30)26-17-12-10-16(4)11-13-17)32-25-28-19-9-7-6-8-18(19)22-27-20(14-15(2)3)24(31)29(22)25/h6-13,15,20-21H,5,14H2,1-4H3,(H,26,30). The van der Waals surface area contributed by atoms with E-state index >= 15 is 0 Å². The third kappa shape index (κ3) is 4.48. The van der Waals surface area contributed by atoms with Gasteiger partial charge in [-0.1, -0.05) is 62.4 Å². The lowest BCUT2D eigenvalue weighted by molar-refractivity contribution is -0.125. The summed E-state index contributed by atoms with van der Waals surface area (Å²) in [6.45, 7) is 8.15. The second-order valence-electron chi connectivity index (χ2n) is 8.55. The number of aryl methyl sites for hydroxylation is 1. The minimum absolute atomic E-state index is 0.0664. The molecule has 2 aliphatic heterocycles. The number of anilines is 1. The number of rotatable bonds is 6. The molecule has 4 rings (SSSR count). The Morgan fingerprint density at radius 2 is 1.88 bits per heavy atom. The first-order valence-electron chi connectivity index (χ1n) is 11.0. The minimum atomic E-state index is -0.414. The van der Waals surface area contributed by atoms with Crippen LogP contribution >= 0.6 is 11.8 Å². The number of nitrogens with zero attached hydrogens (tertiary/aromatic N) is 3. The molecule has 2 aromatic rings. The van der Waals surface area contributed by atoms with Crippen LogP contribution in [0.3, 0.4) is 0 Å². The van der Waals surface area contributed by atoms with Crippen LogP contribution < -0.4 is 5.32 Å². The van der Waals surface area contributed by atoms with Gasteiger partial charge in [-0.3, -0.25) is 14.6 Å². The van der Waals surface area contributed by atoms with Gasteiger partial charge in [0.2, 0.25) is 5.91 Å². The van der Waals surface area contributed by atoms with Crippen LogP contribution in [0, 0.1) is 12.8 Å². The smallest absolute Gasteiger partial charge is 0.259 e. The molecule has 0 saturated carbocycles. The summed E-state index contributed by atoms with van der Waals surface area (Å²) in [7, 11) is 0. The lowest BCUT2D eigenvalue weighted by Gasteiger charge is -2.27. The molecule has 0 radical (unpaired) electrons. The van der Waals surface area contributed by atoms with Crippen LogP contribution in [0.5, 0.6) is 0 Å². The zero-order chi connectivity index (χ0) is 22.8. The number of amidine groups is 2. The average molecular weight is 449 g/mol. The number of carbonyl (C=O) groups excluding carboxylic acids is 2. The summed E-state index contributed by atoms with van der Waals surface area (Å²) in [5.74, 6) is 0.819. The van der Waals surface area contributed by atoms with Gasteiger partial charge in [-0.05, 0) is 49.9 Å². The van der Waals surface area contributed by atoms with E-state index in [1.807, 2.05) is 62.4 Å². The van der Waals surface area contributed by atoms with Crippen LogP contribution in [0.15, 0.2) is 58.5 Å². The molecular formula is C25H28N4O2S. The Bertz CT molecular complexity index is 1090. The highest BCUT2D eigenvalue weighted by Crippen LogP contribution is 2.36. The molecule has 2 aromatic carbocycles. The van der Waals surface area contributed by atoms with Gasteiger partial charge >= 0.3 is 0 Å². The number of carbonyl (C=O) groups is 2. The zero-order valence-corrected chi connectivity index (χ0v) is 19.6.